The molecule has 0 saturated heterocycles. The van der Waals surface area contributed by atoms with Gasteiger partial charge in [0.25, 0.3) is 0 Å². The predicted molar refractivity (Wildman–Crippen MR) is 61.5 cm³/mol. The van der Waals surface area contributed by atoms with E-state index in [2.05, 4.69) is 10.4 Å². The maximum atomic E-state index is 13.4. The highest BCUT2D eigenvalue weighted by molar-refractivity contribution is 5.85. The first-order valence-electron chi connectivity index (χ1n) is 4.25. The third-order valence-electron chi connectivity index (χ3n) is 2.14. The first-order valence-corrected chi connectivity index (χ1v) is 4.25. The number of para-hydroxylation sites is 1. The molecule has 1 aromatic carbocycles. The van der Waals surface area contributed by atoms with E-state index in [0.717, 1.165) is 10.9 Å². The molecule has 0 aliphatic carbocycles. The number of aryl methyl sites for hydroxylation is 1. The maximum absolute atomic E-state index is 13.4. The Hall–Kier alpha value is -1.39. The Kier molecular flexibility index (Phi) is 3.44. The van der Waals surface area contributed by atoms with E-state index in [4.69, 9.17) is 5.84 Å². The van der Waals surface area contributed by atoms with Gasteiger partial charge in [-0.3, -0.25) is 0 Å². The minimum Gasteiger partial charge on any atom is -0.308 e. The van der Waals surface area contributed by atoms with Gasteiger partial charge in [0.2, 0.25) is 0 Å². The molecule has 0 amide bonds. The number of aromatic nitrogens is 1. The highest BCUT2D eigenvalue weighted by atomic mass is 35.5. The fourth-order valence-electron chi connectivity index (χ4n) is 1.46. The fourth-order valence-corrected chi connectivity index (χ4v) is 1.46. The molecular formula is C10H11ClFN3. The Labute approximate surface area is 92.9 Å². The Morgan fingerprint density at radius 2 is 2.13 bits per heavy atom. The lowest BCUT2D eigenvalue weighted by atomic mass is 10.1. The molecule has 1 heterocycles. The van der Waals surface area contributed by atoms with E-state index in [1.54, 1.807) is 12.1 Å². The molecule has 3 N–H and O–H groups in total. The summed E-state index contributed by atoms with van der Waals surface area (Å²) >= 11 is 0. The van der Waals surface area contributed by atoms with Gasteiger partial charge in [-0.2, -0.15) is 0 Å². The van der Waals surface area contributed by atoms with E-state index in [1.807, 2.05) is 13.0 Å². The number of rotatable bonds is 1. The highest BCUT2D eigenvalue weighted by Gasteiger charge is 2.05. The van der Waals surface area contributed by atoms with Crippen molar-refractivity contribution in [1.82, 2.24) is 4.98 Å². The van der Waals surface area contributed by atoms with Crippen molar-refractivity contribution < 1.29 is 4.39 Å². The number of anilines is 1. The summed E-state index contributed by atoms with van der Waals surface area (Å²) in [6, 6.07) is 6.67. The van der Waals surface area contributed by atoms with Gasteiger partial charge < -0.3 is 5.43 Å². The third-order valence-corrected chi connectivity index (χ3v) is 2.14. The topological polar surface area (TPSA) is 50.9 Å². The number of benzene rings is 1. The van der Waals surface area contributed by atoms with E-state index in [0.29, 0.717) is 11.3 Å². The quantitative estimate of drug-likeness (QED) is 0.581. The first kappa shape index (κ1) is 11.7. The zero-order valence-corrected chi connectivity index (χ0v) is 8.94. The summed E-state index contributed by atoms with van der Waals surface area (Å²) in [4.78, 5) is 4.04. The second kappa shape index (κ2) is 4.42. The minimum absolute atomic E-state index is 0. The molecule has 2 aromatic rings. The second-order valence-corrected chi connectivity index (χ2v) is 3.10. The number of hydrogen-bond acceptors (Lipinski definition) is 3. The van der Waals surface area contributed by atoms with E-state index in [-0.39, 0.29) is 18.2 Å². The van der Waals surface area contributed by atoms with Gasteiger partial charge in [-0.15, -0.1) is 12.4 Å². The summed E-state index contributed by atoms with van der Waals surface area (Å²) in [6.45, 7) is 1.89. The van der Waals surface area contributed by atoms with Crippen molar-refractivity contribution in [3.8, 4) is 0 Å². The van der Waals surface area contributed by atoms with Gasteiger partial charge in [0.1, 0.15) is 17.2 Å². The fraction of sp³-hybridized carbons (Fsp3) is 0.100. The Morgan fingerprint density at radius 3 is 2.80 bits per heavy atom. The number of halogens is 2. The second-order valence-electron chi connectivity index (χ2n) is 3.10. The number of fused-ring (bicyclic) bond motifs is 1. The number of hydrogen-bond donors (Lipinski definition) is 2. The van der Waals surface area contributed by atoms with Crippen LogP contribution in [0, 0.1) is 12.7 Å². The van der Waals surface area contributed by atoms with Gasteiger partial charge in [0.15, 0.2) is 0 Å². The van der Waals surface area contributed by atoms with Crippen LogP contribution in [0.25, 0.3) is 10.9 Å². The SMILES string of the molecule is Cc1cc(NN)nc2c(F)cccc12.Cl. The van der Waals surface area contributed by atoms with Gasteiger partial charge in [-0.1, -0.05) is 12.1 Å². The van der Waals surface area contributed by atoms with Gasteiger partial charge >= 0.3 is 0 Å². The largest absolute Gasteiger partial charge is 0.308 e. The molecule has 15 heavy (non-hydrogen) atoms. The van der Waals surface area contributed by atoms with E-state index in [1.165, 1.54) is 6.07 Å². The van der Waals surface area contributed by atoms with Crippen molar-refractivity contribution in [1.29, 1.82) is 0 Å². The number of nitrogen functional groups attached to an aromatic ring is 1. The molecule has 2 rings (SSSR count). The van der Waals surface area contributed by atoms with Crippen LogP contribution >= 0.6 is 12.4 Å². The normalized spacial score (nSPS) is 9.80. The molecule has 0 unspecified atom stereocenters. The summed E-state index contributed by atoms with van der Waals surface area (Å²) in [5.41, 5.74) is 3.70. The average Bonchev–Trinajstić information content (AvgIpc) is 2.19. The zero-order valence-electron chi connectivity index (χ0n) is 8.12. The molecule has 0 atom stereocenters. The lowest BCUT2D eigenvalue weighted by Crippen LogP contribution is -2.09. The molecule has 1 aromatic heterocycles. The summed E-state index contributed by atoms with van der Waals surface area (Å²) in [5.74, 6) is 5.37. The summed E-state index contributed by atoms with van der Waals surface area (Å²) < 4.78 is 13.4. The average molecular weight is 228 g/mol. The van der Waals surface area contributed by atoms with Crippen LogP contribution in [-0.4, -0.2) is 4.98 Å². The van der Waals surface area contributed by atoms with E-state index >= 15 is 0 Å². The molecule has 0 bridgehead atoms. The van der Waals surface area contributed by atoms with Crippen LogP contribution < -0.4 is 11.3 Å². The van der Waals surface area contributed by atoms with Crippen LogP contribution in [0.4, 0.5) is 10.2 Å². The smallest absolute Gasteiger partial charge is 0.149 e. The van der Waals surface area contributed by atoms with Crippen molar-refractivity contribution >= 4 is 29.1 Å². The highest BCUT2D eigenvalue weighted by Crippen LogP contribution is 2.21. The summed E-state index contributed by atoms with van der Waals surface area (Å²) in [7, 11) is 0. The van der Waals surface area contributed by atoms with Gasteiger partial charge in [-0.05, 0) is 24.6 Å². The van der Waals surface area contributed by atoms with Crippen LogP contribution in [0.2, 0.25) is 0 Å². The molecular weight excluding hydrogens is 217 g/mol. The van der Waals surface area contributed by atoms with Crippen molar-refractivity contribution in [3.05, 3.63) is 35.6 Å². The van der Waals surface area contributed by atoms with Crippen molar-refractivity contribution in [2.24, 2.45) is 5.84 Å². The zero-order chi connectivity index (χ0) is 10.1. The van der Waals surface area contributed by atoms with Crippen LogP contribution in [0.5, 0.6) is 0 Å². The van der Waals surface area contributed by atoms with Crippen LogP contribution in [0.1, 0.15) is 5.56 Å². The van der Waals surface area contributed by atoms with Crippen LogP contribution in [0.15, 0.2) is 24.3 Å². The number of nitrogens with one attached hydrogen (secondary N) is 1. The van der Waals surface area contributed by atoms with Crippen LogP contribution in [0.3, 0.4) is 0 Å². The number of hydrazine groups is 1. The molecule has 0 spiro atoms. The first-order chi connectivity index (χ1) is 6.72. The van der Waals surface area contributed by atoms with Crippen molar-refractivity contribution in [3.63, 3.8) is 0 Å². The Balaban J connectivity index is 0.00000112. The monoisotopic (exact) mass is 227 g/mol. The maximum Gasteiger partial charge on any atom is 0.149 e. The number of nitrogens with zero attached hydrogens (tertiary/aromatic N) is 1. The van der Waals surface area contributed by atoms with E-state index < -0.39 is 0 Å². The Morgan fingerprint density at radius 1 is 1.40 bits per heavy atom. The third kappa shape index (κ3) is 2.00. The van der Waals surface area contributed by atoms with Gasteiger partial charge in [-0.25, -0.2) is 15.2 Å². The lowest BCUT2D eigenvalue weighted by Gasteiger charge is -2.05. The van der Waals surface area contributed by atoms with Crippen molar-refractivity contribution in [2.45, 2.75) is 6.92 Å². The minimum atomic E-state index is -0.331. The molecule has 80 valence electrons. The molecule has 0 aliphatic rings. The number of pyridine rings is 1. The molecule has 0 radical (unpaired) electrons. The lowest BCUT2D eigenvalue weighted by molar-refractivity contribution is 0.637. The Bertz CT molecular complexity index is 487. The van der Waals surface area contributed by atoms with Crippen molar-refractivity contribution in [2.75, 3.05) is 5.43 Å². The molecule has 3 nitrogen and oxygen atoms in total. The van der Waals surface area contributed by atoms with E-state index in [9.17, 15) is 4.39 Å². The number of nitrogens with two attached hydrogens (primary N) is 1. The molecule has 0 aliphatic heterocycles. The molecule has 5 heteroatoms. The summed E-state index contributed by atoms with van der Waals surface area (Å²) in [5, 5.41) is 0.809. The standard InChI is InChI=1S/C10H10FN3.ClH/c1-6-5-9(14-12)13-10-7(6)3-2-4-8(10)11;/h2-5H,12H2,1H3,(H,13,14);1H. The van der Waals surface area contributed by atoms with Crippen LogP contribution in [-0.2, 0) is 0 Å². The molecule has 0 saturated carbocycles. The van der Waals surface area contributed by atoms with Gasteiger partial charge in [0.05, 0.1) is 0 Å². The molecule has 0 fully saturated rings. The predicted octanol–water partition coefficient (Wildman–Crippen LogP) is 2.39. The summed E-state index contributed by atoms with van der Waals surface area (Å²) in [6.07, 6.45) is 0. The van der Waals surface area contributed by atoms with Gasteiger partial charge in [0, 0.05) is 5.39 Å².